The molecule has 2 heterocycles. The fourth-order valence-electron chi connectivity index (χ4n) is 5.24. The van der Waals surface area contributed by atoms with E-state index in [1.54, 1.807) is 24.4 Å². The van der Waals surface area contributed by atoms with Crippen molar-refractivity contribution in [2.45, 2.75) is 38.7 Å². The largest absolute Gasteiger partial charge is 0.390 e. The molecule has 6 heteroatoms. The van der Waals surface area contributed by atoms with E-state index in [1.807, 2.05) is 6.07 Å². The second kappa shape index (κ2) is 9.28. The molecule has 0 unspecified atom stereocenters. The normalized spacial score (nSPS) is 16.1. The van der Waals surface area contributed by atoms with E-state index in [-0.39, 0.29) is 6.61 Å². The smallest absolute Gasteiger partial charge is 0.248 e. The third-order valence-electron chi connectivity index (χ3n) is 7.07. The van der Waals surface area contributed by atoms with Gasteiger partial charge in [0.05, 0.1) is 12.8 Å². The molecule has 1 spiro atoms. The van der Waals surface area contributed by atoms with Gasteiger partial charge in [-0.15, -0.1) is 0 Å². The van der Waals surface area contributed by atoms with Gasteiger partial charge in [0, 0.05) is 25.1 Å². The Labute approximate surface area is 199 Å². The van der Waals surface area contributed by atoms with Crippen LogP contribution in [0.4, 0.5) is 5.82 Å². The summed E-state index contributed by atoms with van der Waals surface area (Å²) in [5.41, 5.74) is 11.2. The number of carbonyl (C=O) groups is 1. The van der Waals surface area contributed by atoms with Gasteiger partial charge in [-0.3, -0.25) is 4.79 Å². The van der Waals surface area contributed by atoms with Crippen LogP contribution < -0.4 is 10.6 Å². The van der Waals surface area contributed by atoms with Crippen molar-refractivity contribution in [3.8, 4) is 11.8 Å². The molecular formula is C28H28N4O2. The van der Waals surface area contributed by atoms with Gasteiger partial charge >= 0.3 is 0 Å². The molecule has 172 valence electrons. The lowest BCUT2D eigenvalue weighted by atomic mass is 9.76. The second-order valence-electron chi connectivity index (χ2n) is 9.34. The SMILES string of the molecule is NC(=O)c1cccc(CC#Cc2cnc(N3CCC4(CC3)Cc3ccccc3C4)c(CO)n2)c1. The zero-order valence-corrected chi connectivity index (χ0v) is 19.1. The van der Waals surface area contributed by atoms with Crippen LogP contribution in [-0.4, -0.2) is 34.1 Å². The molecule has 0 atom stereocenters. The monoisotopic (exact) mass is 452 g/mol. The zero-order valence-electron chi connectivity index (χ0n) is 19.1. The molecule has 3 N–H and O–H groups in total. The molecule has 6 nitrogen and oxygen atoms in total. The summed E-state index contributed by atoms with van der Waals surface area (Å²) in [6.45, 7) is 1.65. The molecule has 1 fully saturated rings. The number of amides is 1. The Balaban J connectivity index is 1.25. The Morgan fingerprint density at radius 1 is 1.09 bits per heavy atom. The summed E-state index contributed by atoms with van der Waals surface area (Å²) in [4.78, 5) is 22.8. The maximum atomic E-state index is 11.3. The Kier molecular flexibility index (Phi) is 6.04. The molecule has 3 aromatic rings. The van der Waals surface area contributed by atoms with Crippen molar-refractivity contribution in [3.05, 3.63) is 88.4 Å². The number of carbonyl (C=O) groups excluding carboxylic acids is 1. The van der Waals surface area contributed by atoms with Crippen LogP contribution in [0, 0.1) is 17.3 Å². The van der Waals surface area contributed by atoms with Gasteiger partial charge < -0.3 is 15.7 Å². The molecule has 2 aliphatic rings. The molecule has 1 saturated heterocycles. The van der Waals surface area contributed by atoms with E-state index >= 15 is 0 Å². The number of hydrogen-bond donors (Lipinski definition) is 2. The quantitative estimate of drug-likeness (QED) is 0.594. The van der Waals surface area contributed by atoms with E-state index in [1.165, 1.54) is 11.1 Å². The zero-order chi connectivity index (χ0) is 23.5. The molecule has 0 bridgehead atoms. The van der Waals surface area contributed by atoms with E-state index in [4.69, 9.17) is 5.73 Å². The maximum absolute atomic E-state index is 11.3. The van der Waals surface area contributed by atoms with Crippen LogP contribution in [0.2, 0.25) is 0 Å². The van der Waals surface area contributed by atoms with Gasteiger partial charge in [0.1, 0.15) is 11.4 Å². The first kappa shape index (κ1) is 22.1. The average molecular weight is 453 g/mol. The lowest BCUT2D eigenvalue weighted by Crippen LogP contribution is -2.41. The number of benzene rings is 2. The highest BCUT2D eigenvalue weighted by molar-refractivity contribution is 5.92. The minimum Gasteiger partial charge on any atom is -0.390 e. The number of primary amides is 1. The van der Waals surface area contributed by atoms with Crippen LogP contribution >= 0.6 is 0 Å². The maximum Gasteiger partial charge on any atom is 0.248 e. The van der Waals surface area contributed by atoms with Gasteiger partial charge in [0.25, 0.3) is 0 Å². The number of nitrogens with two attached hydrogens (primary N) is 1. The van der Waals surface area contributed by atoms with Gasteiger partial charge in [-0.2, -0.15) is 0 Å². The Morgan fingerprint density at radius 3 is 2.50 bits per heavy atom. The summed E-state index contributed by atoms with van der Waals surface area (Å²) in [6, 6.07) is 15.9. The Bertz CT molecular complexity index is 1260. The summed E-state index contributed by atoms with van der Waals surface area (Å²) < 4.78 is 0. The van der Waals surface area contributed by atoms with Crippen molar-refractivity contribution in [2.75, 3.05) is 18.0 Å². The third-order valence-corrected chi connectivity index (χ3v) is 7.07. The van der Waals surface area contributed by atoms with Gasteiger partial charge in [-0.05, 0) is 65.8 Å². The number of aliphatic hydroxyl groups excluding tert-OH is 1. The van der Waals surface area contributed by atoms with Crippen LogP contribution in [0.25, 0.3) is 0 Å². The van der Waals surface area contributed by atoms with Crippen LogP contribution in [-0.2, 0) is 25.9 Å². The highest BCUT2D eigenvalue weighted by Gasteiger charge is 2.40. The van der Waals surface area contributed by atoms with Crippen LogP contribution in [0.3, 0.4) is 0 Å². The number of hydrogen-bond acceptors (Lipinski definition) is 5. The first-order chi connectivity index (χ1) is 16.5. The Morgan fingerprint density at radius 2 is 1.82 bits per heavy atom. The number of aromatic nitrogens is 2. The number of aliphatic hydroxyl groups is 1. The highest BCUT2D eigenvalue weighted by atomic mass is 16.3. The van der Waals surface area contributed by atoms with E-state index < -0.39 is 5.91 Å². The molecule has 0 radical (unpaired) electrons. The van der Waals surface area contributed by atoms with E-state index in [0.29, 0.717) is 28.8 Å². The van der Waals surface area contributed by atoms with Crippen molar-refractivity contribution >= 4 is 11.7 Å². The lowest BCUT2D eigenvalue weighted by Gasteiger charge is -2.40. The molecular weight excluding hydrogens is 424 g/mol. The first-order valence-corrected chi connectivity index (χ1v) is 11.7. The van der Waals surface area contributed by atoms with Gasteiger partial charge in [-0.1, -0.05) is 42.3 Å². The molecule has 34 heavy (non-hydrogen) atoms. The van der Waals surface area contributed by atoms with Crippen LogP contribution in [0.1, 0.15) is 51.3 Å². The predicted molar refractivity (Wildman–Crippen MR) is 131 cm³/mol. The van der Waals surface area contributed by atoms with E-state index in [2.05, 4.69) is 51.0 Å². The van der Waals surface area contributed by atoms with Crippen molar-refractivity contribution < 1.29 is 9.90 Å². The van der Waals surface area contributed by atoms with Crippen LogP contribution in [0.5, 0.6) is 0 Å². The van der Waals surface area contributed by atoms with Gasteiger partial charge in [0.2, 0.25) is 5.91 Å². The fourth-order valence-corrected chi connectivity index (χ4v) is 5.24. The summed E-state index contributed by atoms with van der Waals surface area (Å²) in [5, 5.41) is 9.96. The standard InChI is InChI=1S/C28H28N4O2/c29-26(34)21-9-3-5-20(15-21)6-4-10-24-18-30-27(25(19-33)31-24)32-13-11-28(12-14-32)16-22-7-1-2-8-23(22)17-28/h1-3,5,7-9,15,18,33H,6,11-14,16-17,19H2,(H2,29,34). The number of fused-ring (bicyclic) bond motifs is 1. The summed E-state index contributed by atoms with van der Waals surface area (Å²) in [5.74, 6) is 6.41. The van der Waals surface area contributed by atoms with E-state index in [0.717, 1.165) is 50.2 Å². The number of nitrogens with zero attached hydrogens (tertiary/aromatic N) is 3. The Hall–Kier alpha value is -3.69. The minimum atomic E-state index is -0.454. The molecule has 1 aliphatic heterocycles. The number of piperidine rings is 1. The van der Waals surface area contributed by atoms with Crippen molar-refractivity contribution in [1.29, 1.82) is 0 Å². The van der Waals surface area contributed by atoms with Crippen molar-refractivity contribution in [2.24, 2.45) is 11.1 Å². The van der Waals surface area contributed by atoms with Crippen molar-refractivity contribution in [1.82, 2.24) is 9.97 Å². The molecule has 1 aliphatic carbocycles. The minimum absolute atomic E-state index is 0.175. The molecule has 0 saturated carbocycles. The third kappa shape index (κ3) is 4.52. The van der Waals surface area contributed by atoms with Crippen molar-refractivity contribution in [3.63, 3.8) is 0 Å². The molecule has 2 aromatic carbocycles. The topological polar surface area (TPSA) is 92.3 Å². The summed E-state index contributed by atoms with van der Waals surface area (Å²) >= 11 is 0. The number of rotatable bonds is 4. The summed E-state index contributed by atoms with van der Waals surface area (Å²) in [7, 11) is 0. The van der Waals surface area contributed by atoms with E-state index in [9.17, 15) is 9.90 Å². The first-order valence-electron chi connectivity index (χ1n) is 11.7. The molecule has 5 rings (SSSR count). The van der Waals surface area contributed by atoms with Gasteiger partial charge in [0.15, 0.2) is 5.82 Å². The number of anilines is 1. The molecule has 1 amide bonds. The second-order valence-corrected chi connectivity index (χ2v) is 9.34. The highest BCUT2D eigenvalue weighted by Crippen LogP contribution is 2.45. The summed E-state index contributed by atoms with van der Waals surface area (Å²) in [6.07, 6.45) is 6.69. The predicted octanol–water partition coefficient (Wildman–Crippen LogP) is 3.05. The fraction of sp³-hybridized carbons (Fsp3) is 0.321. The van der Waals surface area contributed by atoms with Gasteiger partial charge in [-0.25, -0.2) is 9.97 Å². The molecule has 1 aromatic heterocycles. The lowest BCUT2D eigenvalue weighted by molar-refractivity contribution is 0.1000. The van der Waals surface area contributed by atoms with Crippen LogP contribution in [0.15, 0.2) is 54.7 Å². The average Bonchev–Trinajstić information content (AvgIpc) is 3.22.